The molecule has 1 aromatic carbocycles. The van der Waals surface area contributed by atoms with Crippen molar-refractivity contribution in [3.05, 3.63) is 52.2 Å². The third-order valence-electron chi connectivity index (χ3n) is 6.94. The van der Waals surface area contributed by atoms with Gasteiger partial charge in [0.05, 0.1) is 35.8 Å². The molecule has 1 aliphatic carbocycles. The molecule has 1 spiro atoms. The fraction of sp³-hybridized carbons (Fsp3) is 0.435. The van der Waals surface area contributed by atoms with Crippen LogP contribution < -0.4 is 15.2 Å². The van der Waals surface area contributed by atoms with Crippen LogP contribution in [0.3, 0.4) is 0 Å². The van der Waals surface area contributed by atoms with E-state index in [4.69, 9.17) is 10.5 Å². The lowest BCUT2D eigenvalue weighted by Crippen LogP contribution is -2.50. The van der Waals surface area contributed by atoms with Crippen molar-refractivity contribution < 1.29 is 22.7 Å². The van der Waals surface area contributed by atoms with Crippen LogP contribution >= 0.6 is 11.3 Å². The van der Waals surface area contributed by atoms with Gasteiger partial charge >= 0.3 is 0 Å². The minimum absolute atomic E-state index is 0.00747. The highest BCUT2D eigenvalue weighted by atomic mass is 32.2. The summed E-state index contributed by atoms with van der Waals surface area (Å²) < 4.78 is 34.9. The second-order valence-corrected chi connectivity index (χ2v) is 11.9. The Morgan fingerprint density at radius 2 is 2.03 bits per heavy atom. The van der Waals surface area contributed by atoms with E-state index in [1.54, 1.807) is 34.0 Å². The summed E-state index contributed by atoms with van der Waals surface area (Å²) in [4.78, 5) is 30.7. The van der Waals surface area contributed by atoms with Gasteiger partial charge in [0.15, 0.2) is 0 Å². The maximum absolute atomic E-state index is 13.4. The highest BCUT2D eigenvalue weighted by molar-refractivity contribution is 7.89. The third-order valence-corrected chi connectivity index (χ3v) is 9.33. The van der Waals surface area contributed by atoms with Crippen LogP contribution in [0, 0.1) is 0 Å². The standard InChI is InChI=1S/C23H27N7O5S2/c1-14(27-37(33,34)16-5-3-15(35-2)4-6-16)22(32)30-10-7-17(23(30)8-9-23)18-11-29(28-26-18)12-20-25-19(13-36-20)21(24)31/h3-6,11,13-14,17,27H,7-10,12H2,1-2H3,(H2,24,31). The lowest BCUT2D eigenvalue weighted by Gasteiger charge is -2.30. The Labute approximate surface area is 217 Å². The molecule has 196 valence electrons. The molecule has 0 radical (unpaired) electrons. The van der Waals surface area contributed by atoms with Crippen molar-refractivity contribution in [3.63, 3.8) is 0 Å². The molecule has 1 saturated heterocycles. The van der Waals surface area contributed by atoms with E-state index in [1.165, 1.54) is 30.6 Å². The number of thiazole rings is 1. The van der Waals surface area contributed by atoms with Crippen LogP contribution in [0.4, 0.5) is 0 Å². The van der Waals surface area contributed by atoms with Crippen LogP contribution in [0.15, 0.2) is 40.7 Å². The molecule has 1 saturated carbocycles. The van der Waals surface area contributed by atoms with E-state index in [1.807, 2.05) is 6.20 Å². The summed E-state index contributed by atoms with van der Waals surface area (Å²) in [6.07, 6.45) is 4.21. The number of methoxy groups -OCH3 is 1. The van der Waals surface area contributed by atoms with E-state index in [2.05, 4.69) is 20.0 Å². The molecule has 3 aromatic rings. The number of nitrogens with zero attached hydrogens (tertiary/aromatic N) is 5. The molecule has 37 heavy (non-hydrogen) atoms. The number of benzene rings is 1. The summed E-state index contributed by atoms with van der Waals surface area (Å²) in [5.41, 5.74) is 5.90. The molecule has 5 rings (SSSR count). The van der Waals surface area contributed by atoms with Crippen molar-refractivity contribution in [2.24, 2.45) is 5.73 Å². The van der Waals surface area contributed by atoms with E-state index < -0.39 is 22.0 Å². The Hall–Kier alpha value is -3.36. The molecule has 12 nitrogen and oxygen atoms in total. The zero-order valence-electron chi connectivity index (χ0n) is 20.3. The number of likely N-dealkylation sites (tertiary alicyclic amines) is 1. The van der Waals surface area contributed by atoms with Gasteiger partial charge in [0.25, 0.3) is 5.91 Å². The second-order valence-electron chi connectivity index (χ2n) is 9.28. The number of ether oxygens (including phenoxy) is 1. The van der Waals surface area contributed by atoms with Crippen molar-refractivity contribution >= 4 is 33.2 Å². The van der Waals surface area contributed by atoms with Gasteiger partial charge in [-0.2, -0.15) is 4.72 Å². The highest BCUT2D eigenvalue weighted by Gasteiger charge is 2.60. The van der Waals surface area contributed by atoms with E-state index >= 15 is 0 Å². The van der Waals surface area contributed by atoms with Gasteiger partial charge in [0.1, 0.15) is 16.5 Å². The largest absolute Gasteiger partial charge is 0.497 e. The minimum Gasteiger partial charge on any atom is -0.497 e. The number of hydrogen-bond acceptors (Lipinski definition) is 9. The molecule has 2 aliphatic rings. The summed E-state index contributed by atoms with van der Waals surface area (Å²) in [5.74, 6) is -0.283. The van der Waals surface area contributed by atoms with Crippen LogP contribution in [0.2, 0.25) is 0 Å². The zero-order chi connectivity index (χ0) is 26.4. The van der Waals surface area contributed by atoms with Gasteiger partial charge in [0, 0.05) is 24.0 Å². The number of nitrogens with two attached hydrogens (primary N) is 1. The van der Waals surface area contributed by atoms with Gasteiger partial charge in [-0.05, 0) is 50.5 Å². The van der Waals surface area contributed by atoms with Crippen molar-refractivity contribution in [2.75, 3.05) is 13.7 Å². The fourth-order valence-electron chi connectivity index (χ4n) is 4.96. The molecule has 1 aliphatic heterocycles. The van der Waals surface area contributed by atoms with Crippen LogP contribution in [-0.4, -0.2) is 70.3 Å². The molecule has 3 heterocycles. The first kappa shape index (κ1) is 25.3. The number of aromatic nitrogens is 4. The summed E-state index contributed by atoms with van der Waals surface area (Å²) in [6.45, 7) is 2.44. The van der Waals surface area contributed by atoms with E-state index in [-0.39, 0.29) is 28.0 Å². The number of amides is 2. The van der Waals surface area contributed by atoms with Crippen molar-refractivity contribution in [1.82, 2.24) is 29.6 Å². The van der Waals surface area contributed by atoms with Crippen LogP contribution in [-0.2, 0) is 21.4 Å². The van der Waals surface area contributed by atoms with Gasteiger partial charge in [-0.15, -0.1) is 16.4 Å². The molecule has 0 bridgehead atoms. The fourth-order valence-corrected chi connectivity index (χ4v) is 6.93. The lowest BCUT2D eigenvalue weighted by molar-refractivity contribution is -0.134. The SMILES string of the molecule is COc1ccc(S(=O)(=O)NC(C)C(=O)N2CCC(c3cn(Cc4nc(C(N)=O)cs4)nn3)C23CC3)cc1. The monoisotopic (exact) mass is 545 g/mol. The zero-order valence-corrected chi connectivity index (χ0v) is 22.0. The Morgan fingerprint density at radius 1 is 1.30 bits per heavy atom. The average Bonchev–Trinajstić information content (AvgIpc) is 3.19. The van der Waals surface area contributed by atoms with Crippen LogP contribution in [0.1, 0.15) is 53.3 Å². The average molecular weight is 546 g/mol. The molecule has 2 unspecified atom stereocenters. The Bertz CT molecular complexity index is 1430. The normalized spacial score (nSPS) is 19.2. The summed E-state index contributed by atoms with van der Waals surface area (Å²) in [6, 6.07) is 5.07. The maximum atomic E-state index is 13.4. The van der Waals surface area contributed by atoms with Gasteiger partial charge < -0.3 is 15.4 Å². The maximum Gasteiger partial charge on any atom is 0.268 e. The number of carbonyl (C=O) groups excluding carboxylic acids is 2. The van der Waals surface area contributed by atoms with Crippen molar-refractivity contribution in [1.29, 1.82) is 0 Å². The van der Waals surface area contributed by atoms with E-state index in [0.717, 1.165) is 18.5 Å². The molecule has 2 atom stereocenters. The summed E-state index contributed by atoms with van der Waals surface area (Å²) in [7, 11) is -2.38. The number of sulfonamides is 1. The molecule has 14 heteroatoms. The quantitative estimate of drug-likeness (QED) is 0.404. The Kier molecular flexibility index (Phi) is 6.50. The van der Waals surface area contributed by atoms with E-state index in [9.17, 15) is 18.0 Å². The first-order valence-electron chi connectivity index (χ1n) is 11.7. The minimum atomic E-state index is -3.88. The van der Waals surface area contributed by atoms with Gasteiger partial charge in [-0.1, -0.05) is 5.21 Å². The molecule has 2 amide bonds. The first-order chi connectivity index (χ1) is 17.6. The van der Waals surface area contributed by atoms with E-state index in [0.29, 0.717) is 30.3 Å². The first-order valence-corrected chi connectivity index (χ1v) is 14.1. The summed E-state index contributed by atoms with van der Waals surface area (Å²) in [5, 5.41) is 10.9. The van der Waals surface area contributed by atoms with Gasteiger partial charge in [0.2, 0.25) is 15.9 Å². The smallest absolute Gasteiger partial charge is 0.268 e. The topological polar surface area (TPSA) is 162 Å². The number of hydrogen-bond donors (Lipinski definition) is 2. The lowest BCUT2D eigenvalue weighted by atomic mass is 9.94. The van der Waals surface area contributed by atoms with Crippen LogP contribution in [0.25, 0.3) is 0 Å². The van der Waals surface area contributed by atoms with Gasteiger partial charge in [-0.3, -0.25) is 9.59 Å². The number of carbonyl (C=O) groups is 2. The number of rotatable bonds is 9. The molecule has 2 aromatic heterocycles. The van der Waals surface area contributed by atoms with Crippen molar-refractivity contribution in [3.8, 4) is 5.75 Å². The van der Waals surface area contributed by atoms with Gasteiger partial charge in [-0.25, -0.2) is 18.1 Å². The molecular weight excluding hydrogens is 518 g/mol. The highest BCUT2D eigenvalue weighted by Crippen LogP contribution is 2.57. The predicted octanol–water partition coefficient (Wildman–Crippen LogP) is 1.11. The second kappa shape index (κ2) is 9.50. The molecular formula is C23H27N7O5S2. The number of primary amides is 1. The predicted molar refractivity (Wildman–Crippen MR) is 134 cm³/mol. The Morgan fingerprint density at radius 3 is 2.65 bits per heavy atom. The summed E-state index contributed by atoms with van der Waals surface area (Å²) >= 11 is 1.32. The number of nitrogens with one attached hydrogen (secondary N) is 1. The molecule has 2 fully saturated rings. The van der Waals surface area contributed by atoms with Crippen LogP contribution in [0.5, 0.6) is 5.75 Å². The Balaban J connectivity index is 1.26. The molecule has 3 N–H and O–H groups in total. The van der Waals surface area contributed by atoms with Crippen molar-refractivity contribution in [2.45, 2.75) is 55.1 Å². The third kappa shape index (κ3) is 4.83.